The van der Waals surface area contributed by atoms with E-state index in [4.69, 9.17) is 18.6 Å². The molecule has 5 unspecified atom stereocenters. The summed E-state index contributed by atoms with van der Waals surface area (Å²) in [6.45, 7) is 12.1. The van der Waals surface area contributed by atoms with E-state index in [9.17, 15) is 19.5 Å². The third-order valence-corrected chi connectivity index (χ3v) is 9.96. The summed E-state index contributed by atoms with van der Waals surface area (Å²) in [6.07, 6.45) is 1.91. The first-order chi connectivity index (χ1) is 16.3. The molecule has 8 nitrogen and oxygen atoms in total. The Balaban J connectivity index is 1.65. The Morgan fingerprint density at radius 3 is 2.60 bits per heavy atom. The number of ether oxygens (including phenoxy) is 3. The Labute approximate surface area is 205 Å². The van der Waals surface area contributed by atoms with Crippen LogP contribution in [-0.2, 0) is 28.6 Å². The van der Waals surface area contributed by atoms with Crippen LogP contribution in [0.3, 0.4) is 0 Å². The molecule has 2 aliphatic heterocycles. The monoisotopic (exact) mass is 486 g/mol. The van der Waals surface area contributed by atoms with Crippen LogP contribution in [0.2, 0.25) is 0 Å². The molecule has 4 aliphatic rings. The number of aliphatic hydroxyl groups excluding tert-OH is 1. The Morgan fingerprint density at radius 1 is 1.26 bits per heavy atom. The molecule has 5 rings (SSSR count). The van der Waals surface area contributed by atoms with Crippen molar-refractivity contribution in [2.75, 3.05) is 7.11 Å². The van der Waals surface area contributed by atoms with Crippen molar-refractivity contribution >= 4 is 17.7 Å². The van der Waals surface area contributed by atoms with Gasteiger partial charge in [0, 0.05) is 34.1 Å². The van der Waals surface area contributed by atoms with Crippen molar-refractivity contribution in [2.24, 2.45) is 28.1 Å². The van der Waals surface area contributed by atoms with Crippen LogP contribution in [0.4, 0.5) is 0 Å². The van der Waals surface area contributed by atoms with Crippen molar-refractivity contribution in [2.45, 2.75) is 77.3 Å². The molecule has 2 saturated carbocycles. The van der Waals surface area contributed by atoms with E-state index in [1.54, 1.807) is 32.4 Å². The maximum atomic E-state index is 13.4. The number of carbonyl (C=O) groups excluding carboxylic acids is 3. The second-order valence-electron chi connectivity index (χ2n) is 11.7. The van der Waals surface area contributed by atoms with Gasteiger partial charge in [0.25, 0.3) is 0 Å². The highest BCUT2D eigenvalue weighted by molar-refractivity contribution is 5.88. The third kappa shape index (κ3) is 2.90. The van der Waals surface area contributed by atoms with Gasteiger partial charge in [-0.25, -0.2) is 4.79 Å². The van der Waals surface area contributed by atoms with E-state index in [1.807, 2.05) is 6.92 Å². The molecule has 4 fully saturated rings. The fourth-order valence-electron chi connectivity index (χ4n) is 8.08. The van der Waals surface area contributed by atoms with Crippen molar-refractivity contribution < 1.29 is 38.1 Å². The first kappa shape index (κ1) is 24.3. The number of fused-ring (bicyclic) bond motifs is 3. The minimum atomic E-state index is -1.50. The van der Waals surface area contributed by atoms with Gasteiger partial charge in [-0.1, -0.05) is 34.3 Å². The van der Waals surface area contributed by atoms with Gasteiger partial charge in [0.15, 0.2) is 6.10 Å². The molecule has 0 radical (unpaired) electrons. The standard InChI is InChI=1S/C27H34O8/c1-14-16-7-9-25(4)22(15-8-10-33-13-15)34-19(29)12-27(14,25)35-18-11-17(28)24(2,3)21(26(16,18)5)20(30)23(31)32-6/h8,10,13,16,18,20-22,30H,1,7,9,11-12H2,2-6H3/t16?,18?,20?,21?,22?,25-,26-,27+/m0/s1. The first-order valence-corrected chi connectivity index (χ1v) is 12.2. The molecule has 0 amide bonds. The lowest BCUT2D eigenvalue weighted by molar-refractivity contribution is -0.303. The molecule has 1 N–H and O–H groups in total. The van der Waals surface area contributed by atoms with Gasteiger partial charge in [-0.2, -0.15) is 0 Å². The molecule has 3 heterocycles. The summed E-state index contributed by atoms with van der Waals surface area (Å²) in [7, 11) is 1.23. The molecule has 190 valence electrons. The summed E-state index contributed by atoms with van der Waals surface area (Å²) in [4.78, 5) is 39.0. The number of hydrogen-bond acceptors (Lipinski definition) is 8. The Hall–Kier alpha value is -2.45. The summed E-state index contributed by atoms with van der Waals surface area (Å²) in [6, 6.07) is 1.79. The van der Waals surface area contributed by atoms with Gasteiger partial charge in [0.05, 0.1) is 32.2 Å². The minimum Gasteiger partial charge on any atom is -0.472 e. The highest BCUT2D eigenvalue weighted by Crippen LogP contribution is 2.71. The number of Topliss-reactive ketones (excluding diaryl/α,β-unsaturated/α-hetero) is 1. The number of rotatable bonds is 3. The van der Waals surface area contributed by atoms with Crippen LogP contribution >= 0.6 is 0 Å². The zero-order chi connectivity index (χ0) is 25.6. The van der Waals surface area contributed by atoms with Crippen molar-refractivity contribution in [1.82, 2.24) is 0 Å². The van der Waals surface area contributed by atoms with Crippen LogP contribution in [0.5, 0.6) is 0 Å². The minimum absolute atomic E-state index is 0.00156. The number of ketones is 1. The lowest BCUT2D eigenvalue weighted by atomic mass is 9.41. The first-order valence-electron chi connectivity index (χ1n) is 12.2. The predicted molar refractivity (Wildman–Crippen MR) is 123 cm³/mol. The average Bonchev–Trinajstić information content (AvgIpc) is 3.32. The highest BCUT2D eigenvalue weighted by Gasteiger charge is 2.74. The summed E-state index contributed by atoms with van der Waals surface area (Å²) in [5, 5.41) is 11.2. The second kappa shape index (κ2) is 7.53. The molecule has 1 spiro atoms. The number of hydrogen-bond donors (Lipinski definition) is 1. The second-order valence-corrected chi connectivity index (χ2v) is 11.7. The molecule has 0 aromatic carbocycles. The molecule has 1 aromatic rings. The van der Waals surface area contributed by atoms with E-state index < -0.39 is 58.0 Å². The Morgan fingerprint density at radius 2 is 1.97 bits per heavy atom. The average molecular weight is 487 g/mol. The SMILES string of the molecule is C=C1C2CC[C@@]3(C)C(c4ccoc4)OC(=O)C[C@@]13OC1CC(=O)C(C)(C)C(C(O)C(=O)OC)[C@]12C. The number of esters is 2. The maximum Gasteiger partial charge on any atom is 0.335 e. The predicted octanol–water partition coefficient (Wildman–Crippen LogP) is 3.53. The third-order valence-electron chi connectivity index (χ3n) is 9.96. The molecule has 1 aromatic heterocycles. The van der Waals surface area contributed by atoms with Crippen LogP contribution < -0.4 is 0 Å². The fourth-order valence-corrected chi connectivity index (χ4v) is 8.08. The van der Waals surface area contributed by atoms with Crippen molar-refractivity contribution in [3.63, 3.8) is 0 Å². The van der Waals surface area contributed by atoms with Crippen LogP contribution in [0.1, 0.15) is 65.0 Å². The summed E-state index contributed by atoms with van der Waals surface area (Å²) in [5.74, 6) is -2.20. The van der Waals surface area contributed by atoms with Gasteiger partial charge in [0.2, 0.25) is 0 Å². The number of carbonyl (C=O) groups is 3. The van der Waals surface area contributed by atoms with Crippen molar-refractivity contribution in [3.05, 3.63) is 36.3 Å². The van der Waals surface area contributed by atoms with E-state index >= 15 is 0 Å². The summed E-state index contributed by atoms with van der Waals surface area (Å²) in [5.41, 5.74) is -1.92. The topological polar surface area (TPSA) is 112 Å². The van der Waals surface area contributed by atoms with Crippen LogP contribution in [0.15, 0.2) is 35.2 Å². The molecule has 8 atom stereocenters. The van der Waals surface area contributed by atoms with E-state index in [0.717, 1.165) is 11.1 Å². The zero-order valence-electron chi connectivity index (χ0n) is 21.0. The largest absolute Gasteiger partial charge is 0.472 e. The number of methoxy groups -OCH3 is 1. The summed E-state index contributed by atoms with van der Waals surface area (Å²) >= 11 is 0. The number of furan rings is 1. The Kier molecular flexibility index (Phi) is 5.22. The van der Waals surface area contributed by atoms with E-state index in [0.29, 0.717) is 12.8 Å². The molecular formula is C27H34O8. The van der Waals surface area contributed by atoms with Gasteiger partial charge in [-0.3, -0.25) is 9.59 Å². The Bertz CT molecular complexity index is 1090. The molecule has 2 aliphatic carbocycles. The van der Waals surface area contributed by atoms with Gasteiger partial charge < -0.3 is 23.7 Å². The van der Waals surface area contributed by atoms with E-state index in [-0.39, 0.29) is 24.5 Å². The molecule has 2 saturated heterocycles. The molecular weight excluding hydrogens is 452 g/mol. The molecule has 35 heavy (non-hydrogen) atoms. The van der Waals surface area contributed by atoms with Gasteiger partial charge in [-0.05, 0) is 30.4 Å². The van der Waals surface area contributed by atoms with E-state index in [1.165, 1.54) is 7.11 Å². The van der Waals surface area contributed by atoms with Crippen molar-refractivity contribution in [3.8, 4) is 0 Å². The fraction of sp³-hybridized carbons (Fsp3) is 0.667. The quantitative estimate of drug-likeness (QED) is 0.510. The van der Waals surface area contributed by atoms with Gasteiger partial charge >= 0.3 is 11.9 Å². The van der Waals surface area contributed by atoms with Crippen LogP contribution in [-0.4, -0.2) is 47.7 Å². The number of aliphatic hydroxyl groups is 1. The molecule has 8 heteroatoms. The smallest absolute Gasteiger partial charge is 0.335 e. The normalized spacial score (nSPS) is 43.0. The maximum absolute atomic E-state index is 13.4. The molecule has 2 bridgehead atoms. The van der Waals surface area contributed by atoms with Gasteiger partial charge in [0.1, 0.15) is 17.5 Å². The lowest BCUT2D eigenvalue weighted by Crippen LogP contribution is -2.74. The van der Waals surface area contributed by atoms with Gasteiger partial charge in [-0.15, -0.1) is 0 Å². The van der Waals surface area contributed by atoms with Crippen LogP contribution in [0, 0.1) is 28.1 Å². The zero-order valence-corrected chi connectivity index (χ0v) is 21.0. The van der Waals surface area contributed by atoms with Crippen molar-refractivity contribution in [1.29, 1.82) is 0 Å². The lowest BCUT2D eigenvalue weighted by Gasteiger charge is -2.70. The number of cyclic esters (lactones) is 1. The highest BCUT2D eigenvalue weighted by atomic mass is 16.6. The summed E-state index contributed by atoms with van der Waals surface area (Å²) < 4.78 is 23.0. The van der Waals surface area contributed by atoms with E-state index in [2.05, 4.69) is 13.5 Å². The van der Waals surface area contributed by atoms with Crippen LogP contribution in [0.25, 0.3) is 0 Å².